The molecule has 0 saturated heterocycles. The van der Waals surface area contributed by atoms with Crippen LogP contribution in [0.15, 0.2) is 59.1 Å². The van der Waals surface area contributed by atoms with Gasteiger partial charge < -0.3 is 23.8 Å². The fraction of sp³-hybridized carbons (Fsp3) is 0.167. The second-order valence-electron chi connectivity index (χ2n) is 7.20. The molecule has 0 aliphatic heterocycles. The van der Waals surface area contributed by atoms with Crippen molar-refractivity contribution in [3.8, 4) is 28.5 Å². The van der Waals surface area contributed by atoms with Crippen molar-refractivity contribution >= 4 is 16.9 Å². The average molecular weight is 455 g/mol. The molecule has 33 heavy (non-hydrogen) atoms. The summed E-state index contributed by atoms with van der Waals surface area (Å²) in [5, 5.41) is 13.3. The van der Waals surface area contributed by atoms with Crippen molar-refractivity contribution in [2.24, 2.45) is 0 Å². The molecule has 0 aliphatic carbocycles. The molecule has 0 aliphatic rings. The summed E-state index contributed by atoms with van der Waals surface area (Å²) in [6.45, 7) is 1.61. The molecule has 1 N–H and O–H groups in total. The Bertz CT molecular complexity index is 1300. The lowest BCUT2D eigenvalue weighted by atomic mass is 10.0. The van der Waals surface area contributed by atoms with E-state index in [9.17, 15) is 13.6 Å². The normalized spacial score (nSPS) is 11.9. The van der Waals surface area contributed by atoms with Gasteiger partial charge in [-0.2, -0.15) is 0 Å². The van der Waals surface area contributed by atoms with E-state index in [1.807, 2.05) is 0 Å². The fourth-order valence-electron chi connectivity index (χ4n) is 3.18. The molecule has 0 spiro atoms. The van der Waals surface area contributed by atoms with Gasteiger partial charge in [-0.05, 0) is 53.5 Å². The lowest BCUT2D eigenvalue weighted by molar-refractivity contribution is -0.144. The number of carboxylic acids is 1. The maximum Gasteiger partial charge on any atom is 0.344 e. The zero-order chi connectivity index (χ0) is 23.5. The van der Waals surface area contributed by atoms with E-state index in [4.69, 9.17) is 23.8 Å². The first-order valence-corrected chi connectivity index (χ1v) is 9.89. The first kappa shape index (κ1) is 22.1. The van der Waals surface area contributed by atoms with E-state index in [2.05, 4.69) is 5.16 Å². The zero-order valence-corrected chi connectivity index (χ0v) is 17.7. The first-order chi connectivity index (χ1) is 15.9. The van der Waals surface area contributed by atoms with Gasteiger partial charge in [-0.15, -0.1) is 0 Å². The monoisotopic (exact) mass is 455 g/mol. The van der Waals surface area contributed by atoms with Gasteiger partial charge in [0.15, 0.2) is 23.3 Å². The third-order valence-corrected chi connectivity index (χ3v) is 4.95. The van der Waals surface area contributed by atoms with Gasteiger partial charge in [-0.25, -0.2) is 13.6 Å². The van der Waals surface area contributed by atoms with Crippen LogP contribution in [0.4, 0.5) is 8.78 Å². The maximum absolute atomic E-state index is 13.7. The molecule has 0 amide bonds. The minimum absolute atomic E-state index is 0.0894. The smallest absolute Gasteiger partial charge is 0.344 e. The second-order valence-corrected chi connectivity index (χ2v) is 7.20. The van der Waals surface area contributed by atoms with Crippen LogP contribution in [-0.4, -0.2) is 29.4 Å². The topological polar surface area (TPSA) is 91.0 Å². The molecular weight excluding hydrogens is 436 g/mol. The van der Waals surface area contributed by atoms with Crippen LogP contribution in [0.3, 0.4) is 0 Å². The number of methoxy groups -OCH3 is 1. The number of halogens is 2. The van der Waals surface area contributed by atoms with Crippen molar-refractivity contribution in [2.45, 2.75) is 19.6 Å². The molecule has 0 bridgehead atoms. The lowest BCUT2D eigenvalue weighted by Gasteiger charge is -2.11. The number of nitrogens with zero attached hydrogens (tertiary/aromatic N) is 1. The van der Waals surface area contributed by atoms with Gasteiger partial charge in [-0.3, -0.25) is 0 Å². The van der Waals surface area contributed by atoms with E-state index >= 15 is 0 Å². The third-order valence-electron chi connectivity index (χ3n) is 4.95. The van der Waals surface area contributed by atoms with Gasteiger partial charge in [0.2, 0.25) is 0 Å². The summed E-state index contributed by atoms with van der Waals surface area (Å²) in [4.78, 5) is 11.0. The summed E-state index contributed by atoms with van der Waals surface area (Å²) < 4.78 is 48.6. The van der Waals surface area contributed by atoms with Crippen LogP contribution in [0.25, 0.3) is 22.1 Å². The zero-order valence-electron chi connectivity index (χ0n) is 17.7. The molecule has 3 aromatic carbocycles. The van der Waals surface area contributed by atoms with E-state index in [0.717, 1.165) is 17.7 Å². The highest BCUT2D eigenvalue weighted by molar-refractivity contribution is 5.83. The minimum Gasteiger partial charge on any atom is -0.496 e. The summed E-state index contributed by atoms with van der Waals surface area (Å²) in [7, 11) is 1.39. The second kappa shape index (κ2) is 9.15. The molecule has 4 rings (SSSR count). The highest BCUT2D eigenvalue weighted by Crippen LogP contribution is 2.33. The van der Waals surface area contributed by atoms with Crippen molar-refractivity contribution < 1.29 is 37.4 Å². The highest BCUT2D eigenvalue weighted by Gasteiger charge is 2.18. The molecule has 1 unspecified atom stereocenters. The van der Waals surface area contributed by atoms with Gasteiger partial charge >= 0.3 is 5.97 Å². The van der Waals surface area contributed by atoms with E-state index in [0.29, 0.717) is 27.8 Å². The molecular formula is C24H19F2NO6. The molecule has 9 heteroatoms. The number of carbonyl (C=O) groups is 1. The quantitative estimate of drug-likeness (QED) is 0.390. The summed E-state index contributed by atoms with van der Waals surface area (Å²) in [5.74, 6) is -2.19. The van der Waals surface area contributed by atoms with E-state index in [1.54, 1.807) is 42.5 Å². The van der Waals surface area contributed by atoms with E-state index < -0.39 is 23.7 Å². The summed E-state index contributed by atoms with van der Waals surface area (Å²) in [5.41, 5.74) is 2.29. The Balaban J connectivity index is 1.49. The number of aliphatic carboxylic acids is 1. The SMILES string of the molecule is COc1cc(F)c(F)cc1-c1ccc(OCc2ccc3onc(OC(C)C(=O)O)c3c2)cc1. The molecule has 0 saturated carbocycles. The number of aromatic nitrogens is 1. The predicted molar refractivity (Wildman–Crippen MR) is 114 cm³/mol. The number of hydrogen-bond acceptors (Lipinski definition) is 6. The van der Waals surface area contributed by atoms with Crippen LogP contribution in [0.1, 0.15) is 12.5 Å². The molecule has 1 heterocycles. The summed E-state index contributed by atoms with van der Waals surface area (Å²) in [6, 6.07) is 14.2. The number of ether oxygens (including phenoxy) is 3. The molecule has 1 atom stereocenters. The van der Waals surface area contributed by atoms with Crippen LogP contribution in [0, 0.1) is 11.6 Å². The van der Waals surface area contributed by atoms with Crippen molar-refractivity contribution in [1.82, 2.24) is 5.16 Å². The van der Waals surface area contributed by atoms with Crippen LogP contribution in [0.2, 0.25) is 0 Å². The molecule has 1 aromatic heterocycles. The van der Waals surface area contributed by atoms with Gasteiger partial charge in [-0.1, -0.05) is 18.2 Å². The number of carboxylic acid groups (broad SMARTS) is 1. The number of hydrogen-bond donors (Lipinski definition) is 1. The molecule has 4 aromatic rings. The lowest BCUT2D eigenvalue weighted by Crippen LogP contribution is -2.23. The predicted octanol–water partition coefficient (Wildman–Crippen LogP) is 5.21. The minimum atomic E-state index is -1.12. The maximum atomic E-state index is 13.7. The average Bonchev–Trinajstić information content (AvgIpc) is 3.21. The highest BCUT2D eigenvalue weighted by atomic mass is 19.2. The van der Waals surface area contributed by atoms with E-state index in [-0.39, 0.29) is 18.2 Å². The van der Waals surface area contributed by atoms with E-state index in [1.165, 1.54) is 14.0 Å². The first-order valence-electron chi connectivity index (χ1n) is 9.89. The number of fused-ring (bicyclic) bond motifs is 1. The number of benzene rings is 3. The summed E-state index contributed by atoms with van der Waals surface area (Å²) in [6.07, 6.45) is -1.08. The number of rotatable bonds is 8. The van der Waals surface area contributed by atoms with Crippen molar-refractivity contribution in [3.63, 3.8) is 0 Å². The molecule has 7 nitrogen and oxygen atoms in total. The van der Waals surface area contributed by atoms with Crippen molar-refractivity contribution in [3.05, 3.63) is 71.8 Å². The van der Waals surface area contributed by atoms with Gasteiger partial charge in [0.1, 0.15) is 18.1 Å². The molecule has 0 radical (unpaired) electrons. The Labute approximate surface area is 187 Å². The Kier molecular flexibility index (Phi) is 6.12. The van der Waals surface area contributed by atoms with Crippen molar-refractivity contribution in [2.75, 3.05) is 7.11 Å². The van der Waals surface area contributed by atoms with Crippen LogP contribution >= 0.6 is 0 Å². The fourth-order valence-corrected chi connectivity index (χ4v) is 3.18. The largest absolute Gasteiger partial charge is 0.496 e. The van der Waals surface area contributed by atoms with Crippen molar-refractivity contribution in [1.29, 1.82) is 0 Å². The van der Waals surface area contributed by atoms with Crippen LogP contribution in [0.5, 0.6) is 17.4 Å². The van der Waals surface area contributed by atoms with Gasteiger partial charge in [0.05, 0.1) is 12.5 Å². The Morgan fingerprint density at radius 1 is 1.09 bits per heavy atom. The van der Waals surface area contributed by atoms with Gasteiger partial charge in [0, 0.05) is 11.6 Å². The molecule has 0 fully saturated rings. The summed E-state index contributed by atoms with van der Waals surface area (Å²) >= 11 is 0. The third kappa shape index (κ3) is 4.72. The Morgan fingerprint density at radius 3 is 2.52 bits per heavy atom. The molecule has 170 valence electrons. The Hall–Kier alpha value is -4.14. The standard InChI is InChI=1S/C24H19F2NO6/c1-13(24(28)29)32-23-18-9-14(3-8-21(18)33-27-23)12-31-16-6-4-15(5-7-16)17-10-19(25)20(26)11-22(17)30-2/h3-11,13H,12H2,1-2H3,(H,28,29). The Morgan fingerprint density at radius 2 is 1.82 bits per heavy atom. The van der Waals surface area contributed by atoms with Crippen LogP contribution < -0.4 is 14.2 Å². The van der Waals surface area contributed by atoms with Crippen LogP contribution in [-0.2, 0) is 11.4 Å². The van der Waals surface area contributed by atoms with Gasteiger partial charge in [0.25, 0.3) is 5.88 Å².